The summed E-state index contributed by atoms with van der Waals surface area (Å²) < 4.78 is 10.0. The molecule has 0 unspecified atom stereocenters. The van der Waals surface area contributed by atoms with Crippen LogP contribution in [0.3, 0.4) is 0 Å². The van der Waals surface area contributed by atoms with Gasteiger partial charge in [-0.2, -0.15) is 0 Å². The lowest BCUT2D eigenvalue weighted by Crippen LogP contribution is -2.20. The fraction of sp³-hybridized carbons (Fsp3) is 1.00. The fourth-order valence-electron chi connectivity index (χ4n) is 0.598. The average Bonchev–Trinajstić information content (AvgIpc) is 1.85. The first-order valence-electron chi connectivity index (χ1n) is 3.86. The third kappa shape index (κ3) is 9.88. The van der Waals surface area contributed by atoms with E-state index in [1.165, 1.54) is 0 Å². The standard InChI is InChI=1S/C8H17O3/c1-8(2,3)11-6-4-5-10-7-9/h4-7H2,1-3H3. The summed E-state index contributed by atoms with van der Waals surface area (Å²) in [6.45, 7) is 6.71. The van der Waals surface area contributed by atoms with Gasteiger partial charge >= 0.3 is 0 Å². The number of hydrogen-bond donors (Lipinski definition) is 0. The van der Waals surface area contributed by atoms with Crippen LogP contribution in [0.15, 0.2) is 0 Å². The summed E-state index contributed by atoms with van der Waals surface area (Å²) in [7, 11) is 0. The van der Waals surface area contributed by atoms with Gasteiger partial charge in [0.05, 0.1) is 12.2 Å². The van der Waals surface area contributed by atoms with Crippen molar-refractivity contribution in [1.82, 2.24) is 0 Å². The zero-order valence-electron chi connectivity index (χ0n) is 7.55. The Morgan fingerprint density at radius 1 is 1.18 bits per heavy atom. The minimum atomic E-state index is -0.449. The van der Waals surface area contributed by atoms with E-state index in [0.717, 1.165) is 6.42 Å². The van der Waals surface area contributed by atoms with Crippen LogP contribution in [0.1, 0.15) is 27.2 Å². The molecule has 0 aliphatic carbocycles. The molecule has 0 aromatic rings. The number of hydrogen-bond acceptors (Lipinski definition) is 2. The molecular weight excluding hydrogens is 144 g/mol. The minimum absolute atomic E-state index is 0.0858. The first-order valence-corrected chi connectivity index (χ1v) is 3.86. The van der Waals surface area contributed by atoms with E-state index in [4.69, 9.17) is 4.74 Å². The van der Waals surface area contributed by atoms with Gasteiger partial charge in [0.15, 0.2) is 6.79 Å². The second-order valence-corrected chi connectivity index (χ2v) is 3.34. The Kier molecular flexibility index (Phi) is 5.46. The van der Waals surface area contributed by atoms with Gasteiger partial charge in [0.25, 0.3) is 0 Å². The van der Waals surface area contributed by atoms with E-state index in [0.29, 0.717) is 13.2 Å². The maximum atomic E-state index is 9.83. The molecule has 11 heavy (non-hydrogen) atoms. The Morgan fingerprint density at radius 2 is 1.82 bits per heavy atom. The van der Waals surface area contributed by atoms with Crippen molar-refractivity contribution in [1.29, 1.82) is 0 Å². The molecular formula is C8H17O3. The number of ether oxygens (including phenoxy) is 2. The molecule has 0 saturated heterocycles. The molecule has 0 amide bonds. The molecule has 0 atom stereocenters. The number of rotatable bonds is 5. The fourth-order valence-corrected chi connectivity index (χ4v) is 0.598. The second-order valence-electron chi connectivity index (χ2n) is 3.34. The van der Waals surface area contributed by atoms with Crippen molar-refractivity contribution in [3.8, 4) is 0 Å². The predicted octanol–water partition coefficient (Wildman–Crippen LogP) is 1.60. The smallest absolute Gasteiger partial charge is 0.180 e. The molecule has 0 bridgehead atoms. The predicted molar refractivity (Wildman–Crippen MR) is 41.8 cm³/mol. The maximum Gasteiger partial charge on any atom is 0.180 e. The summed E-state index contributed by atoms with van der Waals surface area (Å²) in [5.74, 6) is 0. The van der Waals surface area contributed by atoms with Gasteiger partial charge in [-0.3, -0.25) is 0 Å². The summed E-state index contributed by atoms with van der Waals surface area (Å²) >= 11 is 0. The molecule has 0 aromatic carbocycles. The highest BCUT2D eigenvalue weighted by Gasteiger charge is 2.08. The Hall–Kier alpha value is -0.120. The SMILES string of the molecule is CC(C)(C)OCCCOC[O]. The minimum Gasteiger partial charge on any atom is -0.376 e. The van der Waals surface area contributed by atoms with Crippen LogP contribution in [-0.2, 0) is 14.6 Å². The van der Waals surface area contributed by atoms with Crippen LogP contribution in [0.5, 0.6) is 0 Å². The largest absolute Gasteiger partial charge is 0.376 e. The first kappa shape index (κ1) is 10.9. The first-order chi connectivity index (χ1) is 5.06. The molecule has 0 aliphatic heterocycles. The van der Waals surface area contributed by atoms with Gasteiger partial charge in [-0.1, -0.05) is 0 Å². The van der Waals surface area contributed by atoms with Crippen LogP contribution < -0.4 is 0 Å². The van der Waals surface area contributed by atoms with Crippen LogP contribution in [0, 0.1) is 0 Å². The second kappa shape index (κ2) is 5.52. The van der Waals surface area contributed by atoms with Crippen molar-refractivity contribution in [3.05, 3.63) is 0 Å². The summed E-state index contributed by atoms with van der Waals surface area (Å²) in [5, 5.41) is 9.83. The molecule has 1 radical (unpaired) electrons. The molecule has 3 heteroatoms. The van der Waals surface area contributed by atoms with Gasteiger partial charge in [-0.15, -0.1) is 0 Å². The quantitative estimate of drug-likeness (QED) is 0.453. The summed E-state index contributed by atoms with van der Waals surface area (Å²) in [4.78, 5) is 0. The van der Waals surface area contributed by atoms with Gasteiger partial charge in [0, 0.05) is 6.61 Å². The van der Waals surface area contributed by atoms with Crippen molar-refractivity contribution in [2.24, 2.45) is 0 Å². The van der Waals surface area contributed by atoms with Crippen molar-refractivity contribution >= 4 is 0 Å². The van der Waals surface area contributed by atoms with Crippen LogP contribution in [-0.4, -0.2) is 25.6 Å². The lowest BCUT2D eigenvalue weighted by Gasteiger charge is -2.19. The molecule has 0 aromatic heterocycles. The molecule has 0 N–H and O–H groups in total. The highest BCUT2D eigenvalue weighted by atomic mass is 16.6. The van der Waals surface area contributed by atoms with E-state index in [1.807, 2.05) is 20.8 Å². The normalized spacial score (nSPS) is 12.0. The molecule has 0 spiro atoms. The van der Waals surface area contributed by atoms with Crippen molar-refractivity contribution in [3.63, 3.8) is 0 Å². The van der Waals surface area contributed by atoms with E-state index in [1.54, 1.807) is 0 Å². The summed E-state index contributed by atoms with van der Waals surface area (Å²) in [5.41, 5.74) is -0.0858. The maximum absolute atomic E-state index is 9.83. The van der Waals surface area contributed by atoms with E-state index in [9.17, 15) is 5.11 Å². The van der Waals surface area contributed by atoms with Crippen LogP contribution in [0.4, 0.5) is 0 Å². The zero-order chi connectivity index (χ0) is 8.74. The Labute approximate surface area is 68.3 Å². The monoisotopic (exact) mass is 161 g/mol. The van der Waals surface area contributed by atoms with E-state index in [2.05, 4.69) is 4.74 Å². The Morgan fingerprint density at radius 3 is 2.27 bits per heavy atom. The molecule has 67 valence electrons. The van der Waals surface area contributed by atoms with Gasteiger partial charge < -0.3 is 9.47 Å². The molecule has 0 rings (SSSR count). The van der Waals surface area contributed by atoms with Crippen LogP contribution >= 0.6 is 0 Å². The molecule has 0 saturated carbocycles. The Balaban J connectivity index is 3.02. The van der Waals surface area contributed by atoms with E-state index in [-0.39, 0.29) is 5.60 Å². The molecule has 0 aliphatic rings. The lowest BCUT2D eigenvalue weighted by molar-refractivity contribution is -0.0594. The topological polar surface area (TPSA) is 38.4 Å². The summed E-state index contributed by atoms with van der Waals surface area (Å²) in [6, 6.07) is 0. The third-order valence-electron chi connectivity index (χ3n) is 1.05. The zero-order valence-corrected chi connectivity index (χ0v) is 7.55. The van der Waals surface area contributed by atoms with Gasteiger partial charge in [-0.05, 0) is 27.2 Å². The lowest BCUT2D eigenvalue weighted by atomic mass is 10.2. The van der Waals surface area contributed by atoms with E-state index < -0.39 is 6.79 Å². The third-order valence-corrected chi connectivity index (χ3v) is 1.05. The van der Waals surface area contributed by atoms with Gasteiger partial charge in [0.2, 0.25) is 0 Å². The molecule has 0 heterocycles. The van der Waals surface area contributed by atoms with Crippen LogP contribution in [0.25, 0.3) is 0 Å². The highest BCUT2D eigenvalue weighted by Crippen LogP contribution is 2.06. The average molecular weight is 161 g/mol. The van der Waals surface area contributed by atoms with Gasteiger partial charge in [0.1, 0.15) is 0 Å². The molecule has 3 nitrogen and oxygen atoms in total. The van der Waals surface area contributed by atoms with Crippen molar-refractivity contribution in [2.45, 2.75) is 32.8 Å². The Bertz CT molecular complexity index is 85.8. The van der Waals surface area contributed by atoms with Crippen molar-refractivity contribution < 1.29 is 14.6 Å². The van der Waals surface area contributed by atoms with Crippen molar-refractivity contribution in [2.75, 3.05) is 20.0 Å². The summed E-state index contributed by atoms with van der Waals surface area (Å²) in [6.07, 6.45) is 0.791. The van der Waals surface area contributed by atoms with E-state index >= 15 is 0 Å². The van der Waals surface area contributed by atoms with Gasteiger partial charge in [-0.25, -0.2) is 5.11 Å². The van der Waals surface area contributed by atoms with Crippen LogP contribution in [0.2, 0.25) is 0 Å². The highest BCUT2D eigenvalue weighted by molar-refractivity contribution is 4.57. The molecule has 0 fully saturated rings.